The number of ether oxygens (including phenoxy) is 1. The second-order valence-corrected chi connectivity index (χ2v) is 7.04. The summed E-state index contributed by atoms with van der Waals surface area (Å²) in [4.78, 5) is 17.7. The normalized spacial score (nSPS) is 14.6. The smallest absolute Gasteiger partial charge is 0.373 e. The SMILES string of the molecule is CCOP(=O)(OCC)C(CC(O)OC)On1cnc2c(N)ncnc21. The van der Waals surface area contributed by atoms with Gasteiger partial charge in [-0.05, 0) is 13.8 Å². The molecule has 0 aliphatic carbocycles. The van der Waals surface area contributed by atoms with E-state index < -0.39 is 19.7 Å². The van der Waals surface area contributed by atoms with Gasteiger partial charge in [-0.1, -0.05) is 0 Å². The number of hydrogen-bond donors (Lipinski definition) is 2. The van der Waals surface area contributed by atoms with Crippen LogP contribution >= 0.6 is 7.60 Å². The van der Waals surface area contributed by atoms with Gasteiger partial charge in [0.15, 0.2) is 17.6 Å². The summed E-state index contributed by atoms with van der Waals surface area (Å²) in [5.74, 6) is -0.977. The molecule has 2 atom stereocenters. The van der Waals surface area contributed by atoms with Gasteiger partial charge in [-0.3, -0.25) is 4.57 Å². The van der Waals surface area contributed by atoms with E-state index in [1.54, 1.807) is 13.8 Å². The van der Waals surface area contributed by atoms with E-state index in [1.807, 2.05) is 0 Å². The largest absolute Gasteiger partial charge is 0.394 e. The van der Waals surface area contributed by atoms with Crippen LogP contribution in [-0.4, -0.2) is 57.2 Å². The van der Waals surface area contributed by atoms with Crippen LogP contribution in [0.15, 0.2) is 12.7 Å². The van der Waals surface area contributed by atoms with E-state index in [9.17, 15) is 9.67 Å². The molecule has 2 unspecified atom stereocenters. The van der Waals surface area contributed by atoms with E-state index in [1.165, 1.54) is 24.5 Å². The van der Waals surface area contributed by atoms with E-state index in [0.717, 1.165) is 0 Å². The molecule has 0 amide bonds. The van der Waals surface area contributed by atoms with Gasteiger partial charge in [0.2, 0.25) is 11.5 Å². The van der Waals surface area contributed by atoms with Crippen molar-refractivity contribution in [3.63, 3.8) is 0 Å². The lowest BCUT2D eigenvalue weighted by atomic mass is 10.4. The summed E-state index contributed by atoms with van der Waals surface area (Å²) < 4.78 is 29.7. The molecule has 11 nitrogen and oxygen atoms in total. The van der Waals surface area contributed by atoms with Crippen molar-refractivity contribution in [2.24, 2.45) is 0 Å². The maximum absolute atomic E-state index is 13.1. The summed E-state index contributed by atoms with van der Waals surface area (Å²) in [6, 6.07) is 0. The van der Waals surface area contributed by atoms with Crippen LogP contribution in [0.2, 0.25) is 0 Å². The van der Waals surface area contributed by atoms with Gasteiger partial charge in [-0.25, -0.2) is 15.0 Å². The molecular formula is C13H22N5O6P. The van der Waals surface area contributed by atoms with Crippen molar-refractivity contribution in [2.45, 2.75) is 32.4 Å². The minimum absolute atomic E-state index is 0.139. The lowest BCUT2D eigenvalue weighted by Crippen LogP contribution is -2.31. The number of fused-ring (bicyclic) bond motifs is 1. The van der Waals surface area contributed by atoms with Crippen LogP contribution in [-0.2, 0) is 18.3 Å². The van der Waals surface area contributed by atoms with Gasteiger partial charge in [0, 0.05) is 13.5 Å². The monoisotopic (exact) mass is 375 g/mol. The lowest BCUT2D eigenvalue weighted by molar-refractivity contribution is -0.0996. The summed E-state index contributed by atoms with van der Waals surface area (Å²) in [7, 11) is -2.40. The van der Waals surface area contributed by atoms with Crippen LogP contribution in [0.4, 0.5) is 5.82 Å². The van der Waals surface area contributed by atoms with Crippen LogP contribution in [0.3, 0.4) is 0 Å². The summed E-state index contributed by atoms with van der Waals surface area (Å²) >= 11 is 0. The predicted molar refractivity (Wildman–Crippen MR) is 88.6 cm³/mol. The van der Waals surface area contributed by atoms with Crippen molar-refractivity contribution >= 4 is 24.6 Å². The van der Waals surface area contributed by atoms with Crippen LogP contribution in [0.25, 0.3) is 11.2 Å². The Balaban J connectivity index is 2.37. The molecule has 0 saturated carbocycles. The number of hydrogen-bond acceptors (Lipinski definition) is 10. The van der Waals surface area contributed by atoms with Gasteiger partial charge in [0.1, 0.15) is 12.7 Å². The second-order valence-electron chi connectivity index (χ2n) is 4.86. The summed E-state index contributed by atoms with van der Waals surface area (Å²) in [5.41, 5.74) is 6.35. The van der Waals surface area contributed by atoms with Crippen molar-refractivity contribution in [2.75, 3.05) is 26.1 Å². The molecule has 2 heterocycles. The molecule has 2 rings (SSSR count). The Morgan fingerprint density at radius 2 is 1.96 bits per heavy atom. The summed E-state index contributed by atoms with van der Waals surface area (Å²) in [6.45, 7) is 3.63. The van der Waals surface area contributed by atoms with E-state index in [2.05, 4.69) is 15.0 Å². The Morgan fingerprint density at radius 1 is 1.28 bits per heavy atom. The topological polar surface area (TPSA) is 144 Å². The van der Waals surface area contributed by atoms with Crippen LogP contribution < -0.4 is 10.6 Å². The predicted octanol–water partition coefficient (Wildman–Crippen LogP) is 0.784. The summed E-state index contributed by atoms with van der Waals surface area (Å²) in [6.07, 6.45) is 1.18. The molecule has 0 saturated heterocycles. The number of anilines is 1. The first-order valence-corrected chi connectivity index (χ1v) is 9.26. The first-order valence-electron chi connectivity index (χ1n) is 7.65. The molecule has 2 aromatic heterocycles. The standard InChI is InChI=1S/C13H22N5O6P/c1-4-22-25(20,23-5-2)10(6-9(19)21-3)24-18-8-17-11-12(14)15-7-16-13(11)18/h7-10,19H,4-6H2,1-3H3,(H2,14,15,16). The van der Waals surface area contributed by atoms with Gasteiger partial charge in [-0.15, -0.1) is 0 Å². The fourth-order valence-corrected chi connectivity index (χ4v) is 3.89. The molecule has 0 spiro atoms. The number of nitrogens with two attached hydrogens (primary N) is 1. The molecule has 25 heavy (non-hydrogen) atoms. The average molecular weight is 375 g/mol. The highest BCUT2D eigenvalue weighted by Crippen LogP contribution is 2.54. The van der Waals surface area contributed by atoms with E-state index in [0.29, 0.717) is 5.52 Å². The minimum Gasteiger partial charge on any atom is -0.394 e. The van der Waals surface area contributed by atoms with Gasteiger partial charge >= 0.3 is 7.60 Å². The van der Waals surface area contributed by atoms with Gasteiger partial charge < -0.3 is 29.5 Å². The zero-order valence-corrected chi connectivity index (χ0v) is 15.1. The first kappa shape index (κ1) is 19.5. The molecule has 0 aromatic carbocycles. The maximum Gasteiger partial charge on any atom is 0.373 e. The number of nitrogen functional groups attached to an aromatic ring is 1. The highest BCUT2D eigenvalue weighted by Gasteiger charge is 2.40. The van der Waals surface area contributed by atoms with Gasteiger partial charge in [0.25, 0.3) is 0 Å². The minimum atomic E-state index is -3.71. The number of nitrogens with zero attached hydrogens (tertiary/aromatic N) is 4. The third kappa shape index (κ3) is 4.44. The Labute approximate surface area is 144 Å². The molecular weight excluding hydrogens is 353 g/mol. The number of methoxy groups -OCH3 is 1. The number of aromatic nitrogens is 4. The number of rotatable bonds is 10. The van der Waals surface area contributed by atoms with Crippen molar-refractivity contribution in [1.82, 2.24) is 19.7 Å². The molecule has 0 aliphatic heterocycles. The van der Waals surface area contributed by atoms with E-state index in [-0.39, 0.29) is 31.1 Å². The van der Waals surface area contributed by atoms with Crippen molar-refractivity contribution < 1.29 is 28.3 Å². The number of aliphatic hydroxyl groups is 1. The Bertz CT molecular complexity index is 731. The molecule has 12 heteroatoms. The molecule has 0 radical (unpaired) electrons. The molecule has 140 valence electrons. The van der Waals surface area contributed by atoms with E-state index in [4.69, 9.17) is 24.4 Å². The Kier molecular flexibility index (Phi) is 6.68. The number of imidazole rings is 1. The van der Waals surface area contributed by atoms with Crippen molar-refractivity contribution in [3.8, 4) is 0 Å². The van der Waals surface area contributed by atoms with E-state index >= 15 is 0 Å². The van der Waals surface area contributed by atoms with Crippen LogP contribution in [0, 0.1) is 0 Å². The number of aliphatic hydroxyl groups excluding tert-OH is 1. The van der Waals surface area contributed by atoms with Crippen molar-refractivity contribution in [1.29, 1.82) is 0 Å². The van der Waals surface area contributed by atoms with Gasteiger partial charge in [0.05, 0.1) is 13.2 Å². The third-order valence-corrected chi connectivity index (χ3v) is 5.46. The van der Waals surface area contributed by atoms with Crippen molar-refractivity contribution in [3.05, 3.63) is 12.7 Å². The molecule has 2 aromatic rings. The molecule has 3 N–H and O–H groups in total. The second kappa shape index (κ2) is 8.54. The fraction of sp³-hybridized carbons (Fsp3) is 0.615. The molecule has 0 aliphatic rings. The first-order chi connectivity index (χ1) is 11.9. The Hall–Kier alpha value is -1.78. The average Bonchev–Trinajstić information content (AvgIpc) is 2.99. The fourth-order valence-electron chi connectivity index (χ4n) is 2.10. The lowest BCUT2D eigenvalue weighted by Gasteiger charge is -2.27. The molecule has 0 bridgehead atoms. The zero-order valence-electron chi connectivity index (χ0n) is 14.2. The van der Waals surface area contributed by atoms with Crippen LogP contribution in [0.5, 0.6) is 0 Å². The van der Waals surface area contributed by atoms with Crippen LogP contribution in [0.1, 0.15) is 20.3 Å². The molecule has 0 fully saturated rings. The summed E-state index contributed by atoms with van der Waals surface area (Å²) in [5, 5.41) is 9.81. The quantitative estimate of drug-likeness (QED) is 0.451. The third-order valence-electron chi connectivity index (χ3n) is 3.21. The highest BCUT2D eigenvalue weighted by atomic mass is 31.2. The maximum atomic E-state index is 13.1. The zero-order chi connectivity index (χ0) is 18.4. The Morgan fingerprint density at radius 3 is 2.56 bits per heavy atom. The van der Waals surface area contributed by atoms with Gasteiger partial charge in [-0.2, -0.15) is 4.73 Å². The highest BCUT2D eigenvalue weighted by molar-refractivity contribution is 7.54.